The van der Waals surface area contributed by atoms with Crippen LogP contribution in [0.4, 0.5) is 5.69 Å². The lowest BCUT2D eigenvalue weighted by molar-refractivity contribution is 0.0600. The van der Waals surface area contributed by atoms with E-state index in [0.29, 0.717) is 35.1 Å². The van der Waals surface area contributed by atoms with Gasteiger partial charge in [0.15, 0.2) is 5.11 Å². The Balaban J connectivity index is 2.02. The minimum Gasteiger partial charge on any atom is -0.493 e. The number of anilines is 1. The second-order valence-electron chi connectivity index (χ2n) is 6.65. The molecule has 0 aliphatic carbocycles. The Bertz CT molecular complexity index is 885. The van der Waals surface area contributed by atoms with Crippen LogP contribution in [-0.2, 0) is 4.74 Å². The van der Waals surface area contributed by atoms with E-state index in [0.717, 1.165) is 10.9 Å². The molecule has 1 amide bonds. The van der Waals surface area contributed by atoms with E-state index in [4.69, 9.17) is 17.0 Å². The first-order valence-electron chi connectivity index (χ1n) is 9.03. The van der Waals surface area contributed by atoms with Crippen LogP contribution in [-0.4, -0.2) is 30.7 Å². The molecule has 0 fully saturated rings. The minimum absolute atomic E-state index is 0.133. The van der Waals surface area contributed by atoms with Gasteiger partial charge in [0.2, 0.25) is 0 Å². The van der Waals surface area contributed by atoms with E-state index in [9.17, 15) is 9.59 Å². The lowest BCUT2D eigenvalue weighted by Gasteiger charge is -2.14. The van der Waals surface area contributed by atoms with Crippen molar-refractivity contribution in [3.8, 4) is 5.75 Å². The smallest absolute Gasteiger partial charge is 0.337 e. The normalized spacial score (nSPS) is 10.4. The zero-order chi connectivity index (χ0) is 21.4. The number of nitrogens with one attached hydrogen (secondary N) is 2. The molecule has 0 aromatic heterocycles. The number of halogens is 1. The van der Waals surface area contributed by atoms with Crippen LogP contribution in [0.5, 0.6) is 5.75 Å². The summed E-state index contributed by atoms with van der Waals surface area (Å²) in [5.41, 5.74) is 1.43. The lowest BCUT2D eigenvalue weighted by Crippen LogP contribution is -2.34. The Hall–Kier alpha value is -2.45. The molecule has 0 saturated carbocycles. The van der Waals surface area contributed by atoms with Crippen molar-refractivity contribution in [2.75, 3.05) is 19.0 Å². The maximum Gasteiger partial charge on any atom is 0.337 e. The molecule has 0 aliphatic heterocycles. The molecule has 29 heavy (non-hydrogen) atoms. The van der Waals surface area contributed by atoms with Gasteiger partial charge in [0, 0.05) is 10.2 Å². The Morgan fingerprint density at radius 3 is 2.45 bits per heavy atom. The van der Waals surface area contributed by atoms with E-state index in [1.54, 1.807) is 36.4 Å². The number of thiocarbonyl (C=S) groups is 1. The first kappa shape index (κ1) is 22.8. The SMILES string of the molecule is COC(=O)c1ccc(NC(=S)NC(=O)c2cc(Br)ccc2OCCC(C)C)cc1. The summed E-state index contributed by atoms with van der Waals surface area (Å²) in [6.07, 6.45) is 0.888. The second kappa shape index (κ2) is 10.9. The third-order valence-corrected chi connectivity index (χ3v) is 4.63. The van der Waals surface area contributed by atoms with Crippen molar-refractivity contribution in [1.82, 2.24) is 5.32 Å². The van der Waals surface area contributed by atoms with E-state index in [1.807, 2.05) is 6.07 Å². The third-order valence-electron chi connectivity index (χ3n) is 3.93. The molecule has 0 heterocycles. The minimum atomic E-state index is -0.424. The molecule has 0 radical (unpaired) electrons. The quantitative estimate of drug-likeness (QED) is 0.440. The van der Waals surface area contributed by atoms with Crippen molar-refractivity contribution in [3.05, 3.63) is 58.1 Å². The molecule has 0 aliphatic rings. The Morgan fingerprint density at radius 1 is 1.14 bits per heavy atom. The maximum atomic E-state index is 12.7. The first-order valence-corrected chi connectivity index (χ1v) is 10.2. The highest BCUT2D eigenvalue weighted by molar-refractivity contribution is 9.10. The molecule has 154 valence electrons. The highest BCUT2D eigenvalue weighted by atomic mass is 79.9. The van der Waals surface area contributed by atoms with E-state index in [2.05, 4.69) is 45.1 Å². The van der Waals surface area contributed by atoms with Gasteiger partial charge >= 0.3 is 5.97 Å². The molecule has 6 nitrogen and oxygen atoms in total. The van der Waals surface area contributed by atoms with Crippen LogP contribution in [0, 0.1) is 5.92 Å². The number of rotatable bonds is 7. The molecule has 2 rings (SSSR count). The van der Waals surface area contributed by atoms with Gasteiger partial charge in [-0.05, 0) is 67.0 Å². The number of methoxy groups -OCH3 is 1. The summed E-state index contributed by atoms with van der Waals surface area (Å²) < 4.78 is 11.2. The highest BCUT2D eigenvalue weighted by Crippen LogP contribution is 2.24. The Morgan fingerprint density at radius 2 is 1.83 bits per heavy atom. The Labute approximate surface area is 184 Å². The van der Waals surface area contributed by atoms with Crippen LogP contribution in [0.1, 0.15) is 41.0 Å². The van der Waals surface area contributed by atoms with Crippen molar-refractivity contribution in [3.63, 3.8) is 0 Å². The fraction of sp³-hybridized carbons (Fsp3) is 0.286. The summed E-state index contributed by atoms with van der Waals surface area (Å²) in [7, 11) is 1.32. The van der Waals surface area contributed by atoms with Gasteiger partial charge < -0.3 is 14.8 Å². The number of hydrogen-bond donors (Lipinski definition) is 2. The molecule has 8 heteroatoms. The summed E-state index contributed by atoms with van der Waals surface area (Å²) >= 11 is 8.61. The van der Waals surface area contributed by atoms with Gasteiger partial charge in [-0.1, -0.05) is 29.8 Å². The van der Waals surface area contributed by atoms with Crippen LogP contribution in [0.3, 0.4) is 0 Å². The van der Waals surface area contributed by atoms with E-state index >= 15 is 0 Å². The topological polar surface area (TPSA) is 76.7 Å². The van der Waals surface area contributed by atoms with Gasteiger partial charge in [-0.15, -0.1) is 0 Å². The van der Waals surface area contributed by atoms with Gasteiger partial charge in [0.1, 0.15) is 5.75 Å². The predicted molar refractivity (Wildman–Crippen MR) is 121 cm³/mol. The number of esters is 1. The summed E-state index contributed by atoms with van der Waals surface area (Å²) in [5, 5.41) is 5.70. The highest BCUT2D eigenvalue weighted by Gasteiger charge is 2.15. The van der Waals surface area contributed by atoms with Crippen LogP contribution in [0.15, 0.2) is 46.9 Å². The van der Waals surface area contributed by atoms with Crippen LogP contribution in [0.2, 0.25) is 0 Å². The molecule has 0 bridgehead atoms. The van der Waals surface area contributed by atoms with E-state index in [-0.39, 0.29) is 11.0 Å². The number of benzene rings is 2. The van der Waals surface area contributed by atoms with Gasteiger partial charge in [-0.25, -0.2) is 4.79 Å². The van der Waals surface area contributed by atoms with Crippen LogP contribution >= 0.6 is 28.1 Å². The fourth-order valence-electron chi connectivity index (χ4n) is 2.35. The van der Waals surface area contributed by atoms with Gasteiger partial charge in [0.25, 0.3) is 5.91 Å². The Kier molecular flexibility index (Phi) is 8.60. The van der Waals surface area contributed by atoms with Crippen molar-refractivity contribution < 1.29 is 19.1 Å². The molecule has 0 unspecified atom stereocenters. The molecule has 0 saturated heterocycles. The summed E-state index contributed by atoms with van der Waals surface area (Å²) in [5.74, 6) is 0.197. The zero-order valence-corrected chi connectivity index (χ0v) is 18.9. The summed E-state index contributed by atoms with van der Waals surface area (Å²) in [6.45, 7) is 4.75. The van der Waals surface area contributed by atoms with E-state index in [1.165, 1.54) is 7.11 Å². The van der Waals surface area contributed by atoms with Gasteiger partial charge in [-0.2, -0.15) is 0 Å². The largest absolute Gasteiger partial charge is 0.493 e. The molecule has 2 aromatic carbocycles. The number of carbonyl (C=O) groups is 2. The monoisotopic (exact) mass is 478 g/mol. The number of amides is 1. The number of ether oxygens (including phenoxy) is 2. The van der Waals surface area contributed by atoms with Crippen molar-refractivity contribution in [2.45, 2.75) is 20.3 Å². The van der Waals surface area contributed by atoms with Gasteiger partial charge in [-0.3, -0.25) is 10.1 Å². The first-order chi connectivity index (χ1) is 13.8. The van der Waals surface area contributed by atoms with Crippen LogP contribution in [0.25, 0.3) is 0 Å². The standard InChI is InChI=1S/C21H23BrN2O4S/c1-13(2)10-11-28-18-9-6-15(22)12-17(18)19(25)24-21(29)23-16-7-4-14(5-8-16)20(26)27-3/h4-9,12-13H,10-11H2,1-3H3,(H2,23,24,25,29). The molecule has 2 aromatic rings. The molecule has 2 N–H and O–H groups in total. The zero-order valence-electron chi connectivity index (χ0n) is 16.5. The van der Waals surface area contributed by atoms with E-state index < -0.39 is 5.97 Å². The number of hydrogen-bond acceptors (Lipinski definition) is 5. The number of carbonyl (C=O) groups excluding carboxylic acids is 2. The average molecular weight is 479 g/mol. The lowest BCUT2D eigenvalue weighted by atomic mass is 10.1. The molecular formula is C21H23BrN2O4S. The predicted octanol–water partition coefficient (Wildman–Crippen LogP) is 4.79. The summed E-state index contributed by atoms with van der Waals surface area (Å²) in [4.78, 5) is 24.2. The molecular weight excluding hydrogens is 456 g/mol. The van der Waals surface area contributed by atoms with Gasteiger partial charge in [0.05, 0.1) is 24.8 Å². The van der Waals surface area contributed by atoms with Crippen molar-refractivity contribution in [2.24, 2.45) is 5.92 Å². The third kappa shape index (κ3) is 7.14. The fourth-order valence-corrected chi connectivity index (χ4v) is 2.92. The average Bonchev–Trinajstić information content (AvgIpc) is 2.68. The van der Waals surface area contributed by atoms with Crippen molar-refractivity contribution in [1.29, 1.82) is 0 Å². The summed E-state index contributed by atoms with van der Waals surface area (Å²) in [6, 6.07) is 11.8. The van der Waals surface area contributed by atoms with Crippen molar-refractivity contribution >= 4 is 50.8 Å². The second-order valence-corrected chi connectivity index (χ2v) is 7.97. The maximum absolute atomic E-state index is 12.7. The molecule has 0 atom stereocenters. The van der Waals surface area contributed by atoms with Crippen LogP contribution < -0.4 is 15.4 Å². The molecule has 0 spiro atoms.